The summed E-state index contributed by atoms with van der Waals surface area (Å²) in [4.78, 5) is 1.01. The van der Waals surface area contributed by atoms with Crippen LogP contribution in [0, 0.1) is 0 Å². The maximum absolute atomic E-state index is 9.35. The van der Waals surface area contributed by atoms with Crippen LogP contribution < -0.4 is 0 Å². The highest BCUT2D eigenvalue weighted by molar-refractivity contribution is 7.10. The molecular weight excluding hydrogens is 144 g/mol. The summed E-state index contributed by atoms with van der Waals surface area (Å²) < 4.78 is 0. The molecule has 0 saturated carbocycles. The van der Waals surface area contributed by atoms with Crippen LogP contribution >= 0.6 is 11.3 Å². The van der Waals surface area contributed by atoms with Crippen molar-refractivity contribution in [3.63, 3.8) is 0 Å². The second-order valence-corrected chi connectivity index (χ2v) is 3.03. The lowest BCUT2D eigenvalue weighted by Gasteiger charge is -2.02. The Kier molecular flexibility index (Phi) is 2.66. The molecule has 1 rings (SSSR count). The van der Waals surface area contributed by atoms with E-state index in [1.54, 1.807) is 17.4 Å². The first-order valence-corrected chi connectivity index (χ1v) is 4.05. The number of thiophene rings is 1. The summed E-state index contributed by atoms with van der Waals surface area (Å²) >= 11 is 1.57. The van der Waals surface area contributed by atoms with E-state index in [1.807, 2.05) is 17.5 Å². The van der Waals surface area contributed by atoms with Crippen LogP contribution in [0.25, 0.3) is 0 Å². The molecule has 0 aromatic carbocycles. The number of hydrogen-bond donors (Lipinski definition) is 1. The van der Waals surface area contributed by atoms with E-state index in [9.17, 15) is 5.11 Å². The minimum Gasteiger partial charge on any atom is -0.387 e. The molecule has 1 heterocycles. The van der Waals surface area contributed by atoms with Crippen molar-refractivity contribution >= 4 is 11.3 Å². The maximum atomic E-state index is 9.35. The normalized spacial score (nSPS) is 12.9. The lowest BCUT2D eigenvalue weighted by molar-refractivity contribution is 0.185. The second-order valence-electron chi connectivity index (χ2n) is 2.06. The SMILES string of the molecule is C=CCC(O)c1cccs1. The molecule has 1 N–H and O–H groups in total. The number of hydrogen-bond acceptors (Lipinski definition) is 2. The van der Waals surface area contributed by atoms with Gasteiger partial charge in [-0.15, -0.1) is 17.9 Å². The molecule has 0 amide bonds. The predicted octanol–water partition coefficient (Wildman–Crippen LogP) is 2.36. The molecule has 54 valence electrons. The fraction of sp³-hybridized carbons (Fsp3) is 0.250. The third kappa shape index (κ3) is 1.69. The highest BCUT2D eigenvalue weighted by Gasteiger charge is 2.04. The van der Waals surface area contributed by atoms with Gasteiger partial charge >= 0.3 is 0 Å². The van der Waals surface area contributed by atoms with E-state index in [-0.39, 0.29) is 6.10 Å². The van der Waals surface area contributed by atoms with E-state index >= 15 is 0 Å². The predicted molar refractivity (Wildman–Crippen MR) is 44.1 cm³/mol. The molecule has 10 heavy (non-hydrogen) atoms. The Bertz CT molecular complexity index is 191. The summed E-state index contributed by atoms with van der Waals surface area (Å²) in [7, 11) is 0. The van der Waals surface area contributed by atoms with Gasteiger partial charge in [0.2, 0.25) is 0 Å². The average molecular weight is 154 g/mol. The fourth-order valence-electron chi connectivity index (χ4n) is 0.755. The summed E-state index contributed by atoms with van der Waals surface area (Å²) in [5.74, 6) is 0. The molecule has 1 nitrogen and oxygen atoms in total. The molecule has 0 aliphatic rings. The molecule has 1 aromatic heterocycles. The summed E-state index contributed by atoms with van der Waals surface area (Å²) in [6, 6.07) is 3.87. The van der Waals surface area contributed by atoms with E-state index in [1.165, 1.54) is 0 Å². The topological polar surface area (TPSA) is 20.2 Å². The minimum absolute atomic E-state index is 0.350. The number of aliphatic hydroxyl groups excluding tert-OH is 1. The zero-order valence-electron chi connectivity index (χ0n) is 5.66. The van der Waals surface area contributed by atoms with Gasteiger partial charge in [-0.25, -0.2) is 0 Å². The summed E-state index contributed by atoms with van der Waals surface area (Å²) in [6.45, 7) is 3.56. The Labute approximate surface area is 64.6 Å². The van der Waals surface area contributed by atoms with E-state index < -0.39 is 0 Å². The third-order valence-corrected chi connectivity index (χ3v) is 2.24. The van der Waals surface area contributed by atoms with Gasteiger partial charge in [-0.3, -0.25) is 0 Å². The van der Waals surface area contributed by atoms with Crippen LogP contribution in [0.5, 0.6) is 0 Å². The van der Waals surface area contributed by atoms with Crippen molar-refractivity contribution in [2.75, 3.05) is 0 Å². The van der Waals surface area contributed by atoms with Crippen molar-refractivity contribution < 1.29 is 5.11 Å². The molecular formula is C8H10OS. The van der Waals surface area contributed by atoms with Gasteiger partial charge in [-0.05, 0) is 17.9 Å². The van der Waals surface area contributed by atoms with E-state index in [4.69, 9.17) is 0 Å². The van der Waals surface area contributed by atoms with Crippen LogP contribution in [0.15, 0.2) is 30.2 Å². The standard InChI is InChI=1S/C8H10OS/c1-2-4-7(9)8-5-3-6-10-8/h2-3,5-7,9H,1,4H2. The summed E-state index contributed by atoms with van der Waals surface area (Å²) in [5, 5.41) is 11.3. The Morgan fingerprint density at radius 3 is 3.10 bits per heavy atom. The van der Waals surface area contributed by atoms with Crippen molar-refractivity contribution in [2.24, 2.45) is 0 Å². The van der Waals surface area contributed by atoms with E-state index in [2.05, 4.69) is 6.58 Å². The molecule has 1 aromatic rings. The van der Waals surface area contributed by atoms with Crippen molar-refractivity contribution in [1.29, 1.82) is 0 Å². The number of rotatable bonds is 3. The molecule has 0 aliphatic carbocycles. The Balaban J connectivity index is 2.58. The minimum atomic E-state index is -0.350. The smallest absolute Gasteiger partial charge is 0.0916 e. The first-order chi connectivity index (χ1) is 4.84. The van der Waals surface area contributed by atoms with Crippen LogP contribution in [-0.4, -0.2) is 5.11 Å². The molecule has 0 fully saturated rings. The van der Waals surface area contributed by atoms with Gasteiger partial charge in [0.15, 0.2) is 0 Å². The zero-order valence-corrected chi connectivity index (χ0v) is 6.47. The largest absolute Gasteiger partial charge is 0.387 e. The van der Waals surface area contributed by atoms with Crippen LogP contribution in [0.3, 0.4) is 0 Å². The van der Waals surface area contributed by atoms with Crippen LogP contribution in [0.1, 0.15) is 17.4 Å². The fourth-order valence-corrected chi connectivity index (χ4v) is 1.48. The Morgan fingerprint density at radius 1 is 1.80 bits per heavy atom. The lowest BCUT2D eigenvalue weighted by atomic mass is 10.2. The molecule has 1 atom stereocenters. The van der Waals surface area contributed by atoms with Gasteiger partial charge in [-0.2, -0.15) is 0 Å². The second kappa shape index (κ2) is 3.54. The third-order valence-electron chi connectivity index (χ3n) is 1.26. The highest BCUT2D eigenvalue weighted by atomic mass is 32.1. The molecule has 0 bridgehead atoms. The van der Waals surface area contributed by atoms with Crippen LogP contribution in [0.2, 0.25) is 0 Å². The summed E-state index contributed by atoms with van der Waals surface area (Å²) in [5.41, 5.74) is 0. The average Bonchev–Trinajstić information content (AvgIpc) is 2.38. The van der Waals surface area contributed by atoms with Crippen molar-refractivity contribution in [3.05, 3.63) is 35.0 Å². The van der Waals surface area contributed by atoms with Gasteiger partial charge in [0.1, 0.15) is 0 Å². The van der Waals surface area contributed by atoms with Gasteiger partial charge < -0.3 is 5.11 Å². The first kappa shape index (κ1) is 7.51. The summed E-state index contributed by atoms with van der Waals surface area (Å²) in [6.07, 6.45) is 2.02. The van der Waals surface area contributed by atoms with E-state index in [0.717, 1.165) is 4.88 Å². The van der Waals surface area contributed by atoms with Crippen molar-refractivity contribution in [3.8, 4) is 0 Å². The maximum Gasteiger partial charge on any atom is 0.0916 e. The molecule has 1 unspecified atom stereocenters. The van der Waals surface area contributed by atoms with Gasteiger partial charge in [0.25, 0.3) is 0 Å². The number of aliphatic hydroxyl groups is 1. The molecule has 0 saturated heterocycles. The van der Waals surface area contributed by atoms with E-state index in [0.29, 0.717) is 6.42 Å². The van der Waals surface area contributed by atoms with Gasteiger partial charge in [0, 0.05) is 4.88 Å². The molecule has 0 radical (unpaired) electrons. The monoisotopic (exact) mass is 154 g/mol. The van der Waals surface area contributed by atoms with Gasteiger partial charge in [0.05, 0.1) is 6.10 Å². The molecule has 0 aliphatic heterocycles. The van der Waals surface area contributed by atoms with Crippen LogP contribution in [-0.2, 0) is 0 Å². The Hall–Kier alpha value is -0.600. The van der Waals surface area contributed by atoms with Gasteiger partial charge in [-0.1, -0.05) is 12.1 Å². The molecule has 2 heteroatoms. The highest BCUT2D eigenvalue weighted by Crippen LogP contribution is 2.21. The van der Waals surface area contributed by atoms with Crippen molar-refractivity contribution in [2.45, 2.75) is 12.5 Å². The lowest BCUT2D eigenvalue weighted by Crippen LogP contribution is -1.90. The van der Waals surface area contributed by atoms with Crippen molar-refractivity contribution in [1.82, 2.24) is 0 Å². The zero-order chi connectivity index (χ0) is 7.40. The molecule has 0 spiro atoms. The quantitative estimate of drug-likeness (QED) is 0.663. The van der Waals surface area contributed by atoms with Crippen LogP contribution in [0.4, 0.5) is 0 Å². The first-order valence-electron chi connectivity index (χ1n) is 3.17. The Morgan fingerprint density at radius 2 is 2.60 bits per heavy atom.